The van der Waals surface area contributed by atoms with Gasteiger partial charge >= 0.3 is 0 Å². The van der Waals surface area contributed by atoms with Crippen LogP contribution in [0.5, 0.6) is 5.75 Å². The predicted molar refractivity (Wildman–Crippen MR) is 82.4 cm³/mol. The molecule has 0 aliphatic carbocycles. The molecule has 0 heterocycles. The summed E-state index contributed by atoms with van der Waals surface area (Å²) in [5.74, 6) is 0.347. The fourth-order valence-corrected chi connectivity index (χ4v) is 1.91. The van der Waals surface area contributed by atoms with Gasteiger partial charge < -0.3 is 15.2 Å². The van der Waals surface area contributed by atoms with Crippen LogP contribution in [0.1, 0.15) is 24.2 Å². The molecular formula is C17H19NO3. The molecule has 0 aliphatic rings. The van der Waals surface area contributed by atoms with E-state index < -0.39 is 6.10 Å². The molecule has 0 unspecified atom stereocenters. The maximum Gasteiger partial charge on any atom is 0.262 e. The first-order valence-corrected chi connectivity index (χ1v) is 6.82. The van der Waals surface area contributed by atoms with E-state index in [2.05, 4.69) is 5.32 Å². The summed E-state index contributed by atoms with van der Waals surface area (Å²) in [6.45, 7) is 3.55. The number of aliphatic hydroxyl groups excluding tert-OH is 1. The van der Waals surface area contributed by atoms with E-state index in [0.29, 0.717) is 5.75 Å². The lowest BCUT2D eigenvalue weighted by Crippen LogP contribution is -2.20. The van der Waals surface area contributed by atoms with Gasteiger partial charge in [-0.3, -0.25) is 4.79 Å². The molecule has 2 rings (SSSR count). The fraction of sp³-hybridized carbons (Fsp3) is 0.235. The SMILES string of the molecule is Cc1ccccc1NC(=O)COc1cccc([C@@H](C)O)c1. The largest absolute Gasteiger partial charge is 0.484 e. The number of nitrogens with one attached hydrogen (secondary N) is 1. The molecule has 0 radical (unpaired) electrons. The summed E-state index contributed by atoms with van der Waals surface area (Å²) in [5, 5.41) is 12.3. The predicted octanol–water partition coefficient (Wildman–Crippen LogP) is 3.07. The summed E-state index contributed by atoms with van der Waals surface area (Å²) in [7, 11) is 0. The van der Waals surface area contributed by atoms with Crippen LogP contribution in [0.3, 0.4) is 0 Å². The van der Waals surface area contributed by atoms with E-state index in [1.807, 2.05) is 37.3 Å². The van der Waals surface area contributed by atoms with Gasteiger partial charge in [0, 0.05) is 5.69 Å². The van der Waals surface area contributed by atoms with Crippen molar-refractivity contribution in [3.8, 4) is 5.75 Å². The number of anilines is 1. The molecule has 0 aliphatic heterocycles. The third-order valence-corrected chi connectivity index (χ3v) is 3.13. The first kappa shape index (κ1) is 15.1. The minimum atomic E-state index is -0.561. The number of hydrogen-bond acceptors (Lipinski definition) is 3. The number of benzene rings is 2. The molecule has 0 spiro atoms. The Kier molecular flexibility index (Phi) is 4.95. The van der Waals surface area contributed by atoms with Crippen LogP contribution in [-0.4, -0.2) is 17.6 Å². The van der Waals surface area contributed by atoms with Crippen molar-refractivity contribution in [2.75, 3.05) is 11.9 Å². The summed E-state index contributed by atoms with van der Waals surface area (Å²) in [4.78, 5) is 11.9. The molecule has 2 N–H and O–H groups in total. The topological polar surface area (TPSA) is 58.6 Å². The summed E-state index contributed by atoms with van der Waals surface area (Å²) < 4.78 is 5.45. The van der Waals surface area contributed by atoms with E-state index in [1.54, 1.807) is 25.1 Å². The number of aliphatic hydroxyl groups is 1. The molecule has 2 aromatic rings. The van der Waals surface area contributed by atoms with Crippen molar-refractivity contribution >= 4 is 11.6 Å². The lowest BCUT2D eigenvalue weighted by molar-refractivity contribution is -0.118. The van der Waals surface area contributed by atoms with Gasteiger partial charge in [-0.25, -0.2) is 0 Å². The van der Waals surface area contributed by atoms with Gasteiger partial charge in [0.25, 0.3) is 5.91 Å². The van der Waals surface area contributed by atoms with E-state index in [1.165, 1.54) is 0 Å². The van der Waals surface area contributed by atoms with Crippen molar-refractivity contribution in [2.45, 2.75) is 20.0 Å². The average molecular weight is 285 g/mol. The third kappa shape index (κ3) is 4.33. The average Bonchev–Trinajstić information content (AvgIpc) is 2.48. The minimum absolute atomic E-state index is 0.0718. The fourth-order valence-electron chi connectivity index (χ4n) is 1.91. The Bertz CT molecular complexity index is 623. The van der Waals surface area contributed by atoms with Crippen LogP contribution in [0.2, 0.25) is 0 Å². The van der Waals surface area contributed by atoms with Crippen LogP contribution >= 0.6 is 0 Å². The highest BCUT2D eigenvalue weighted by atomic mass is 16.5. The number of aryl methyl sites for hydroxylation is 1. The van der Waals surface area contributed by atoms with Crippen LogP contribution in [0.25, 0.3) is 0 Å². The summed E-state index contributed by atoms with van der Waals surface area (Å²) in [6.07, 6.45) is -0.561. The molecule has 0 saturated heterocycles. The van der Waals surface area contributed by atoms with Crippen LogP contribution in [0, 0.1) is 6.92 Å². The van der Waals surface area contributed by atoms with E-state index >= 15 is 0 Å². The minimum Gasteiger partial charge on any atom is -0.484 e. The molecule has 4 nitrogen and oxygen atoms in total. The van der Waals surface area contributed by atoms with Crippen LogP contribution < -0.4 is 10.1 Å². The van der Waals surface area contributed by atoms with E-state index in [0.717, 1.165) is 16.8 Å². The Morgan fingerprint density at radius 1 is 1.24 bits per heavy atom. The molecule has 2 aromatic carbocycles. The highest BCUT2D eigenvalue weighted by Crippen LogP contribution is 2.19. The Morgan fingerprint density at radius 2 is 2.00 bits per heavy atom. The summed E-state index contributed by atoms with van der Waals surface area (Å²) in [6, 6.07) is 14.7. The molecule has 110 valence electrons. The Morgan fingerprint density at radius 3 is 2.71 bits per heavy atom. The van der Waals surface area contributed by atoms with Crippen LogP contribution in [-0.2, 0) is 4.79 Å². The third-order valence-electron chi connectivity index (χ3n) is 3.13. The number of carbonyl (C=O) groups is 1. The first-order chi connectivity index (χ1) is 10.1. The number of amides is 1. The Labute approximate surface area is 124 Å². The van der Waals surface area contributed by atoms with Crippen molar-refractivity contribution in [3.05, 3.63) is 59.7 Å². The Hall–Kier alpha value is -2.33. The summed E-state index contributed by atoms with van der Waals surface area (Å²) >= 11 is 0. The van der Waals surface area contributed by atoms with Crippen LogP contribution in [0.4, 0.5) is 5.69 Å². The standard InChI is InChI=1S/C17H19NO3/c1-12-6-3-4-9-16(12)18-17(20)11-21-15-8-5-7-14(10-15)13(2)19/h3-10,13,19H,11H2,1-2H3,(H,18,20)/t13-/m1/s1. The highest BCUT2D eigenvalue weighted by molar-refractivity contribution is 5.92. The zero-order valence-electron chi connectivity index (χ0n) is 12.2. The monoisotopic (exact) mass is 285 g/mol. The van der Waals surface area contributed by atoms with Crippen molar-refractivity contribution < 1.29 is 14.6 Å². The molecule has 4 heteroatoms. The van der Waals surface area contributed by atoms with Gasteiger partial charge in [-0.2, -0.15) is 0 Å². The number of carbonyl (C=O) groups excluding carboxylic acids is 1. The van der Waals surface area contributed by atoms with Gasteiger partial charge in [0.1, 0.15) is 5.75 Å². The molecule has 0 bridgehead atoms. The second-order valence-corrected chi connectivity index (χ2v) is 4.90. The zero-order valence-corrected chi connectivity index (χ0v) is 12.2. The van der Waals surface area contributed by atoms with Crippen molar-refractivity contribution in [1.29, 1.82) is 0 Å². The smallest absolute Gasteiger partial charge is 0.262 e. The van der Waals surface area contributed by atoms with E-state index in [9.17, 15) is 9.90 Å². The maximum absolute atomic E-state index is 11.9. The van der Waals surface area contributed by atoms with Gasteiger partial charge in [0.05, 0.1) is 6.10 Å². The Balaban J connectivity index is 1.92. The number of hydrogen-bond donors (Lipinski definition) is 2. The van der Waals surface area contributed by atoms with Gasteiger partial charge in [-0.15, -0.1) is 0 Å². The molecule has 0 aromatic heterocycles. The van der Waals surface area contributed by atoms with Crippen molar-refractivity contribution in [3.63, 3.8) is 0 Å². The van der Waals surface area contributed by atoms with Gasteiger partial charge in [0.15, 0.2) is 6.61 Å². The number of rotatable bonds is 5. The van der Waals surface area contributed by atoms with E-state index in [4.69, 9.17) is 4.74 Å². The number of ether oxygens (including phenoxy) is 1. The molecule has 1 amide bonds. The second kappa shape index (κ2) is 6.90. The lowest BCUT2D eigenvalue weighted by atomic mass is 10.1. The highest BCUT2D eigenvalue weighted by Gasteiger charge is 2.07. The second-order valence-electron chi connectivity index (χ2n) is 4.90. The first-order valence-electron chi connectivity index (χ1n) is 6.82. The molecular weight excluding hydrogens is 266 g/mol. The molecule has 0 saturated carbocycles. The number of para-hydroxylation sites is 1. The zero-order chi connectivity index (χ0) is 15.2. The summed E-state index contributed by atoms with van der Waals surface area (Å²) in [5.41, 5.74) is 2.54. The van der Waals surface area contributed by atoms with E-state index in [-0.39, 0.29) is 12.5 Å². The molecule has 1 atom stereocenters. The molecule has 0 fully saturated rings. The van der Waals surface area contributed by atoms with Gasteiger partial charge in [0.2, 0.25) is 0 Å². The van der Waals surface area contributed by atoms with Gasteiger partial charge in [-0.1, -0.05) is 30.3 Å². The lowest BCUT2D eigenvalue weighted by Gasteiger charge is -2.11. The molecule has 21 heavy (non-hydrogen) atoms. The van der Waals surface area contributed by atoms with Gasteiger partial charge in [-0.05, 0) is 43.2 Å². The quantitative estimate of drug-likeness (QED) is 0.887. The van der Waals surface area contributed by atoms with Crippen LogP contribution in [0.15, 0.2) is 48.5 Å². The maximum atomic E-state index is 11.9. The van der Waals surface area contributed by atoms with Crippen molar-refractivity contribution in [2.24, 2.45) is 0 Å². The normalized spacial score (nSPS) is 11.8. The van der Waals surface area contributed by atoms with Crippen molar-refractivity contribution in [1.82, 2.24) is 0 Å².